The van der Waals surface area contributed by atoms with E-state index >= 15 is 0 Å². The van der Waals surface area contributed by atoms with E-state index in [2.05, 4.69) is 27.0 Å². The van der Waals surface area contributed by atoms with E-state index < -0.39 is 0 Å². The topological polar surface area (TPSA) is 9.23 Å². The zero-order chi connectivity index (χ0) is 9.61. The molecule has 70 valence electrons. The van der Waals surface area contributed by atoms with E-state index in [0.29, 0.717) is 0 Å². The van der Waals surface area contributed by atoms with Crippen molar-refractivity contribution in [1.82, 2.24) is 0 Å². The molecule has 0 aliphatic heterocycles. The Bertz CT molecular complexity index is 156. The number of methoxy groups -OCH3 is 1. The highest BCUT2D eigenvalue weighted by molar-refractivity contribution is 5.10. The zero-order valence-corrected chi connectivity index (χ0v) is 8.52. The summed E-state index contributed by atoms with van der Waals surface area (Å²) in [4.78, 5) is 0. The van der Waals surface area contributed by atoms with Crippen LogP contribution in [0.1, 0.15) is 33.1 Å². The summed E-state index contributed by atoms with van der Waals surface area (Å²) >= 11 is 0. The highest BCUT2D eigenvalue weighted by Gasteiger charge is 2.14. The molecule has 0 aromatic heterocycles. The third kappa shape index (κ3) is 5.14. The van der Waals surface area contributed by atoms with Gasteiger partial charge in [0.25, 0.3) is 0 Å². The number of allylic oxidation sites excluding steroid dienone is 2. The van der Waals surface area contributed by atoms with Crippen LogP contribution < -0.4 is 0 Å². The Balaban J connectivity index is 3.56. The fourth-order valence-electron chi connectivity index (χ4n) is 0.945. The maximum atomic E-state index is 5.30. The van der Waals surface area contributed by atoms with Crippen LogP contribution in [0.15, 0.2) is 24.8 Å². The van der Waals surface area contributed by atoms with E-state index in [1.54, 1.807) is 7.11 Å². The van der Waals surface area contributed by atoms with Gasteiger partial charge in [-0.2, -0.15) is 0 Å². The molecule has 0 saturated heterocycles. The minimum atomic E-state index is 0.00144. The van der Waals surface area contributed by atoms with E-state index in [1.165, 1.54) is 0 Å². The van der Waals surface area contributed by atoms with Gasteiger partial charge in [-0.05, 0) is 33.1 Å². The normalized spacial score (nSPS) is 11.2. The average Bonchev–Trinajstić information content (AvgIpc) is 2.04. The molecule has 0 radical (unpaired) electrons. The Kier molecular flexibility index (Phi) is 4.91. The minimum Gasteiger partial charge on any atom is -0.379 e. The van der Waals surface area contributed by atoms with Gasteiger partial charge in [0, 0.05) is 7.11 Å². The van der Waals surface area contributed by atoms with Gasteiger partial charge in [0.2, 0.25) is 0 Å². The van der Waals surface area contributed by atoms with Gasteiger partial charge in [-0.25, -0.2) is 0 Å². The van der Waals surface area contributed by atoms with Gasteiger partial charge < -0.3 is 4.74 Å². The monoisotopic (exact) mass is 168 g/mol. The predicted molar refractivity (Wildman–Crippen MR) is 54.3 cm³/mol. The largest absolute Gasteiger partial charge is 0.379 e. The van der Waals surface area contributed by atoms with Gasteiger partial charge in [0.05, 0.1) is 5.60 Å². The predicted octanol–water partition coefficient (Wildman–Crippen LogP) is 3.32. The third-order valence-electron chi connectivity index (χ3n) is 2.12. The zero-order valence-electron chi connectivity index (χ0n) is 8.52. The van der Waals surface area contributed by atoms with Gasteiger partial charge in [-0.3, -0.25) is 0 Å². The molecule has 0 N–H and O–H groups in total. The molecule has 0 atom stereocenters. The van der Waals surface area contributed by atoms with Crippen LogP contribution in [0, 0.1) is 0 Å². The molecule has 0 bridgehead atoms. The highest BCUT2D eigenvalue weighted by atomic mass is 16.5. The molecule has 1 heteroatoms. The van der Waals surface area contributed by atoms with Crippen LogP contribution in [0.5, 0.6) is 0 Å². The lowest BCUT2D eigenvalue weighted by Crippen LogP contribution is -2.21. The number of hydrogen-bond acceptors (Lipinski definition) is 1. The van der Waals surface area contributed by atoms with Gasteiger partial charge in [-0.1, -0.05) is 24.8 Å². The highest BCUT2D eigenvalue weighted by Crippen LogP contribution is 2.18. The standard InChI is InChI=1S/C11H20O/c1-6-10(2)8-7-9-11(3,4)12-5/h6H,1-2,7-9H2,3-5H3. The van der Waals surface area contributed by atoms with Crippen LogP contribution in [-0.2, 0) is 4.74 Å². The lowest BCUT2D eigenvalue weighted by Gasteiger charge is -2.22. The smallest absolute Gasteiger partial charge is 0.0622 e. The van der Waals surface area contributed by atoms with E-state index in [-0.39, 0.29) is 5.60 Å². The van der Waals surface area contributed by atoms with Crippen LogP contribution in [-0.4, -0.2) is 12.7 Å². The first kappa shape index (κ1) is 11.4. The Morgan fingerprint density at radius 1 is 1.50 bits per heavy atom. The van der Waals surface area contributed by atoms with Crippen molar-refractivity contribution in [1.29, 1.82) is 0 Å². The second kappa shape index (κ2) is 5.15. The SMILES string of the molecule is C=CC(=C)CCCC(C)(C)OC. The summed E-state index contributed by atoms with van der Waals surface area (Å²) in [5, 5.41) is 0. The summed E-state index contributed by atoms with van der Waals surface area (Å²) in [7, 11) is 1.75. The van der Waals surface area contributed by atoms with Gasteiger partial charge in [0.15, 0.2) is 0 Å². The molecule has 0 spiro atoms. The van der Waals surface area contributed by atoms with Crippen molar-refractivity contribution in [3.8, 4) is 0 Å². The molecule has 0 aromatic carbocycles. The van der Waals surface area contributed by atoms with Crippen molar-refractivity contribution in [3.05, 3.63) is 24.8 Å². The van der Waals surface area contributed by atoms with E-state index in [4.69, 9.17) is 4.74 Å². The van der Waals surface area contributed by atoms with Crippen molar-refractivity contribution in [2.24, 2.45) is 0 Å². The molecule has 0 fully saturated rings. The Morgan fingerprint density at radius 2 is 2.08 bits per heavy atom. The Morgan fingerprint density at radius 3 is 2.50 bits per heavy atom. The molecule has 0 rings (SSSR count). The molecule has 0 saturated carbocycles. The van der Waals surface area contributed by atoms with Crippen molar-refractivity contribution in [2.75, 3.05) is 7.11 Å². The van der Waals surface area contributed by atoms with Crippen molar-refractivity contribution < 1.29 is 4.74 Å². The minimum absolute atomic E-state index is 0.00144. The fraction of sp³-hybridized carbons (Fsp3) is 0.636. The Labute approximate surface area is 76.1 Å². The van der Waals surface area contributed by atoms with Crippen molar-refractivity contribution in [3.63, 3.8) is 0 Å². The average molecular weight is 168 g/mol. The van der Waals surface area contributed by atoms with Gasteiger partial charge in [0.1, 0.15) is 0 Å². The number of rotatable bonds is 6. The molecule has 0 unspecified atom stereocenters. The van der Waals surface area contributed by atoms with Crippen molar-refractivity contribution >= 4 is 0 Å². The first-order valence-electron chi connectivity index (χ1n) is 4.37. The van der Waals surface area contributed by atoms with Gasteiger partial charge in [-0.15, -0.1) is 0 Å². The molecular weight excluding hydrogens is 148 g/mol. The molecule has 0 aliphatic carbocycles. The van der Waals surface area contributed by atoms with E-state index in [9.17, 15) is 0 Å². The maximum Gasteiger partial charge on any atom is 0.0622 e. The lowest BCUT2D eigenvalue weighted by molar-refractivity contribution is 0.0140. The summed E-state index contributed by atoms with van der Waals surface area (Å²) in [6, 6.07) is 0. The summed E-state index contributed by atoms with van der Waals surface area (Å²) in [5.74, 6) is 0. The van der Waals surface area contributed by atoms with E-state index in [1.807, 2.05) is 6.08 Å². The van der Waals surface area contributed by atoms with Crippen LogP contribution >= 0.6 is 0 Å². The maximum absolute atomic E-state index is 5.30. The quantitative estimate of drug-likeness (QED) is 0.553. The lowest BCUT2D eigenvalue weighted by atomic mass is 9.99. The molecule has 1 nitrogen and oxygen atoms in total. The molecule has 0 heterocycles. The molecule has 0 aliphatic rings. The summed E-state index contributed by atoms with van der Waals surface area (Å²) in [5.41, 5.74) is 1.11. The summed E-state index contributed by atoms with van der Waals surface area (Å²) < 4.78 is 5.30. The molecule has 0 amide bonds. The van der Waals surface area contributed by atoms with E-state index in [0.717, 1.165) is 24.8 Å². The van der Waals surface area contributed by atoms with Crippen LogP contribution in [0.2, 0.25) is 0 Å². The summed E-state index contributed by atoms with van der Waals surface area (Å²) in [6.07, 6.45) is 5.03. The molecule has 12 heavy (non-hydrogen) atoms. The summed E-state index contributed by atoms with van der Waals surface area (Å²) in [6.45, 7) is 11.7. The molecular formula is C11H20O. The van der Waals surface area contributed by atoms with Crippen LogP contribution in [0.25, 0.3) is 0 Å². The van der Waals surface area contributed by atoms with Crippen LogP contribution in [0.3, 0.4) is 0 Å². The van der Waals surface area contributed by atoms with Crippen molar-refractivity contribution in [2.45, 2.75) is 38.7 Å². The number of ether oxygens (including phenoxy) is 1. The first-order valence-corrected chi connectivity index (χ1v) is 4.37. The second-order valence-electron chi connectivity index (χ2n) is 3.68. The Hall–Kier alpha value is -0.560. The number of hydrogen-bond donors (Lipinski definition) is 0. The van der Waals surface area contributed by atoms with Crippen LogP contribution in [0.4, 0.5) is 0 Å². The first-order chi connectivity index (χ1) is 5.52. The fourth-order valence-corrected chi connectivity index (χ4v) is 0.945. The molecule has 0 aromatic rings. The third-order valence-corrected chi connectivity index (χ3v) is 2.12. The second-order valence-corrected chi connectivity index (χ2v) is 3.68. The van der Waals surface area contributed by atoms with Gasteiger partial charge >= 0.3 is 0 Å².